The van der Waals surface area contributed by atoms with Gasteiger partial charge in [0.15, 0.2) is 0 Å². The monoisotopic (exact) mass is 438 g/mol. The number of hydrogen-bond acceptors (Lipinski definition) is 4. The number of carbonyl (C=O) groups is 2. The molecule has 0 spiro atoms. The third-order valence-electron chi connectivity index (χ3n) is 7.17. The van der Waals surface area contributed by atoms with Crippen molar-refractivity contribution in [1.82, 2.24) is 9.80 Å². The van der Waals surface area contributed by atoms with Crippen molar-refractivity contribution in [3.63, 3.8) is 0 Å². The second kappa shape index (κ2) is 10.1. The summed E-state index contributed by atoms with van der Waals surface area (Å²) < 4.78 is 5.60. The molecule has 1 aromatic rings. The van der Waals surface area contributed by atoms with E-state index in [4.69, 9.17) is 4.74 Å². The van der Waals surface area contributed by atoms with Gasteiger partial charge >= 0.3 is 0 Å². The summed E-state index contributed by atoms with van der Waals surface area (Å²) in [5, 5.41) is 0. The van der Waals surface area contributed by atoms with Crippen molar-refractivity contribution >= 4 is 17.4 Å². The molecule has 1 aliphatic carbocycles. The van der Waals surface area contributed by atoms with Gasteiger partial charge in [-0.05, 0) is 55.7 Å². The van der Waals surface area contributed by atoms with Crippen LogP contribution in [0.25, 0.3) is 5.57 Å². The molecule has 0 bridgehead atoms. The van der Waals surface area contributed by atoms with Crippen LogP contribution in [0.3, 0.4) is 0 Å². The molecule has 2 heterocycles. The van der Waals surface area contributed by atoms with Gasteiger partial charge < -0.3 is 9.64 Å². The van der Waals surface area contributed by atoms with Gasteiger partial charge in [-0.25, -0.2) is 0 Å². The highest BCUT2D eigenvalue weighted by Crippen LogP contribution is 2.38. The Balaban J connectivity index is 1.71. The summed E-state index contributed by atoms with van der Waals surface area (Å²) in [4.78, 5) is 31.5. The number of nitrogens with zero attached hydrogens (tertiary/aromatic N) is 2. The normalized spacial score (nSPS) is 25.8. The molecule has 2 fully saturated rings. The topological polar surface area (TPSA) is 49.9 Å². The maximum absolute atomic E-state index is 13.9. The number of ether oxygens (including phenoxy) is 1. The van der Waals surface area contributed by atoms with E-state index in [0.717, 1.165) is 56.5 Å². The third-order valence-corrected chi connectivity index (χ3v) is 7.17. The predicted octanol–water partition coefficient (Wildman–Crippen LogP) is 5.26. The van der Waals surface area contributed by atoms with Crippen molar-refractivity contribution in [3.8, 4) is 5.75 Å². The summed E-state index contributed by atoms with van der Waals surface area (Å²) in [5.74, 6) is 1.61. The largest absolute Gasteiger partial charge is 0.494 e. The van der Waals surface area contributed by atoms with E-state index in [1.807, 2.05) is 31.2 Å². The van der Waals surface area contributed by atoms with Crippen molar-refractivity contribution in [3.05, 3.63) is 35.5 Å². The van der Waals surface area contributed by atoms with E-state index < -0.39 is 0 Å². The summed E-state index contributed by atoms with van der Waals surface area (Å²) in [7, 11) is 0. The molecular weight excluding hydrogens is 400 g/mol. The minimum Gasteiger partial charge on any atom is -0.494 e. The number of hydrogen-bond donors (Lipinski definition) is 0. The van der Waals surface area contributed by atoms with Gasteiger partial charge in [-0.3, -0.25) is 14.5 Å². The van der Waals surface area contributed by atoms with Crippen molar-refractivity contribution in [2.24, 2.45) is 11.8 Å². The van der Waals surface area contributed by atoms with Crippen molar-refractivity contribution < 1.29 is 14.3 Å². The molecule has 2 atom stereocenters. The van der Waals surface area contributed by atoms with E-state index in [1.54, 1.807) is 4.90 Å². The molecule has 1 aromatic carbocycles. The molecule has 4 rings (SSSR count). The van der Waals surface area contributed by atoms with Crippen LogP contribution in [0.4, 0.5) is 0 Å². The molecule has 0 aromatic heterocycles. The van der Waals surface area contributed by atoms with Gasteiger partial charge in [0.25, 0.3) is 11.8 Å². The Morgan fingerprint density at radius 2 is 1.47 bits per heavy atom. The molecule has 5 heteroatoms. The van der Waals surface area contributed by atoms with Crippen molar-refractivity contribution in [2.75, 3.05) is 19.7 Å². The van der Waals surface area contributed by atoms with Crippen LogP contribution < -0.4 is 4.74 Å². The molecule has 0 N–H and O–H groups in total. The van der Waals surface area contributed by atoms with E-state index in [9.17, 15) is 9.59 Å². The fraction of sp³-hybridized carbons (Fsp3) is 0.630. The van der Waals surface area contributed by atoms with Gasteiger partial charge in [-0.2, -0.15) is 0 Å². The molecule has 174 valence electrons. The van der Waals surface area contributed by atoms with Gasteiger partial charge in [-0.1, -0.05) is 58.1 Å². The molecule has 0 radical (unpaired) electrons. The Hall–Kier alpha value is -2.30. The molecule has 2 aliphatic heterocycles. The Morgan fingerprint density at radius 1 is 0.875 bits per heavy atom. The van der Waals surface area contributed by atoms with Crippen LogP contribution >= 0.6 is 0 Å². The fourth-order valence-corrected chi connectivity index (χ4v) is 5.84. The zero-order chi connectivity index (χ0) is 22.7. The molecule has 1 saturated carbocycles. The summed E-state index contributed by atoms with van der Waals surface area (Å²) in [6.07, 6.45) is 8.85. The number of piperidine rings is 1. The average molecular weight is 439 g/mol. The molecule has 5 nitrogen and oxygen atoms in total. The Bertz CT molecular complexity index is 842. The summed E-state index contributed by atoms with van der Waals surface area (Å²) in [6.45, 7) is 8.71. The second-order valence-electron chi connectivity index (χ2n) is 10.0. The van der Waals surface area contributed by atoms with Gasteiger partial charge in [-0.15, -0.1) is 0 Å². The average Bonchev–Trinajstić information content (AvgIpc) is 2.99. The van der Waals surface area contributed by atoms with Crippen LogP contribution in [0, 0.1) is 11.8 Å². The highest BCUT2D eigenvalue weighted by molar-refractivity contribution is 6.35. The van der Waals surface area contributed by atoms with E-state index in [2.05, 4.69) is 18.7 Å². The first-order valence-electron chi connectivity index (χ1n) is 12.6. The first-order valence-corrected chi connectivity index (χ1v) is 12.6. The molecule has 32 heavy (non-hydrogen) atoms. The predicted molar refractivity (Wildman–Crippen MR) is 127 cm³/mol. The van der Waals surface area contributed by atoms with E-state index >= 15 is 0 Å². The van der Waals surface area contributed by atoms with Crippen LogP contribution in [-0.2, 0) is 9.59 Å². The zero-order valence-corrected chi connectivity index (χ0v) is 19.9. The maximum Gasteiger partial charge on any atom is 0.278 e. The van der Waals surface area contributed by atoms with Gasteiger partial charge in [0, 0.05) is 19.1 Å². The Kier molecular flexibility index (Phi) is 7.22. The van der Waals surface area contributed by atoms with E-state index in [1.165, 1.54) is 19.3 Å². The number of benzene rings is 1. The molecular formula is C27H38N2O3. The molecule has 2 unspecified atom stereocenters. The smallest absolute Gasteiger partial charge is 0.278 e. The second-order valence-corrected chi connectivity index (χ2v) is 10.0. The molecule has 1 saturated heterocycles. The highest BCUT2D eigenvalue weighted by atomic mass is 16.5. The lowest BCUT2D eigenvalue weighted by Gasteiger charge is -2.37. The van der Waals surface area contributed by atoms with Crippen LogP contribution in [-0.4, -0.2) is 47.4 Å². The van der Waals surface area contributed by atoms with E-state index in [-0.39, 0.29) is 17.9 Å². The van der Waals surface area contributed by atoms with Gasteiger partial charge in [0.05, 0.1) is 12.2 Å². The summed E-state index contributed by atoms with van der Waals surface area (Å²) in [6, 6.07) is 7.70. The third kappa shape index (κ3) is 4.72. The number of imide groups is 1. The first-order chi connectivity index (χ1) is 15.5. The van der Waals surface area contributed by atoms with Crippen molar-refractivity contribution in [2.45, 2.75) is 78.2 Å². The van der Waals surface area contributed by atoms with Crippen LogP contribution in [0.15, 0.2) is 30.0 Å². The fourth-order valence-electron chi connectivity index (χ4n) is 5.84. The standard InChI is InChI=1S/C27H38N2O3/c1-4-32-23-14-12-21(13-15-23)24-25(28-17-19(2)16-20(3)18-28)27(31)29(26(24)30)22-10-8-6-5-7-9-11-22/h12-15,19-20,22H,4-11,16-18H2,1-3H3. The molecule has 2 amide bonds. The molecule has 3 aliphatic rings. The Morgan fingerprint density at radius 3 is 2.06 bits per heavy atom. The number of carbonyl (C=O) groups excluding carboxylic acids is 2. The van der Waals surface area contributed by atoms with E-state index in [0.29, 0.717) is 29.7 Å². The summed E-state index contributed by atoms with van der Waals surface area (Å²) in [5.41, 5.74) is 2.03. The SMILES string of the molecule is CCOc1ccc(C2=C(N3CC(C)CC(C)C3)C(=O)N(C3CCCCCCC3)C2=O)cc1. The lowest BCUT2D eigenvalue weighted by molar-refractivity contribution is -0.140. The van der Waals surface area contributed by atoms with Crippen LogP contribution in [0.5, 0.6) is 5.75 Å². The lowest BCUT2D eigenvalue weighted by Crippen LogP contribution is -2.45. The Labute approximate surface area is 192 Å². The number of amides is 2. The highest BCUT2D eigenvalue weighted by Gasteiger charge is 2.45. The quantitative estimate of drug-likeness (QED) is 0.589. The van der Waals surface area contributed by atoms with Gasteiger partial charge in [0.1, 0.15) is 11.4 Å². The van der Waals surface area contributed by atoms with Crippen molar-refractivity contribution in [1.29, 1.82) is 0 Å². The minimum absolute atomic E-state index is 0.0186. The van der Waals surface area contributed by atoms with Crippen LogP contribution in [0.2, 0.25) is 0 Å². The lowest BCUT2D eigenvalue weighted by atomic mass is 9.91. The summed E-state index contributed by atoms with van der Waals surface area (Å²) >= 11 is 0. The van der Waals surface area contributed by atoms with Crippen LogP contribution in [0.1, 0.15) is 77.7 Å². The first kappa shape index (κ1) is 22.9. The minimum atomic E-state index is -0.106. The number of rotatable bonds is 5. The zero-order valence-electron chi connectivity index (χ0n) is 19.9. The maximum atomic E-state index is 13.9. The number of likely N-dealkylation sites (tertiary alicyclic amines) is 1. The van der Waals surface area contributed by atoms with Gasteiger partial charge in [0.2, 0.25) is 0 Å².